The van der Waals surface area contributed by atoms with Crippen LogP contribution >= 0.6 is 0 Å². The highest BCUT2D eigenvalue weighted by Gasteiger charge is 2.09. The molecule has 0 aliphatic rings. The van der Waals surface area contributed by atoms with Gasteiger partial charge in [0.1, 0.15) is 11.0 Å². The van der Waals surface area contributed by atoms with E-state index in [9.17, 15) is 4.21 Å². The van der Waals surface area contributed by atoms with E-state index in [2.05, 4.69) is 5.10 Å². The van der Waals surface area contributed by atoms with Crippen molar-refractivity contribution < 1.29 is 4.21 Å². The van der Waals surface area contributed by atoms with Crippen LogP contribution in [0.3, 0.4) is 0 Å². The van der Waals surface area contributed by atoms with Crippen molar-refractivity contribution in [3.8, 4) is 0 Å². The SMILES string of the molecule is Cc1cn(C(C)C)nc1S(N)=O. The van der Waals surface area contributed by atoms with E-state index in [0.29, 0.717) is 5.03 Å². The molecule has 1 aromatic heterocycles. The molecule has 68 valence electrons. The van der Waals surface area contributed by atoms with Gasteiger partial charge in [0.05, 0.1) is 0 Å². The van der Waals surface area contributed by atoms with E-state index in [1.807, 2.05) is 27.0 Å². The number of hydrogen-bond donors (Lipinski definition) is 1. The number of aryl methyl sites for hydroxylation is 1. The maximum absolute atomic E-state index is 10.9. The second kappa shape index (κ2) is 3.37. The highest BCUT2D eigenvalue weighted by molar-refractivity contribution is 7.82. The van der Waals surface area contributed by atoms with Gasteiger partial charge in [-0.05, 0) is 20.8 Å². The molecule has 0 aromatic carbocycles. The number of nitrogens with two attached hydrogens (primary N) is 1. The predicted octanol–water partition coefficient (Wildman–Crippen LogP) is 0.754. The van der Waals surface area contributed by atoms with Gasteiger partial charge in [-0.15, -0.1) is 0 Å². The number of rotatable bonds is 2. The molecule has 0 saturated heterocycles. The summed E-state index contributed by atoms with van der Waals surface area (Å²) in [5.41, 5.74) is 0.879. The summed E-state index contributed by atoms with van der Waals surface area (Å²) in [7, 11) is -1.47. The van der Waals surface area contributed by atoms with Crippen LogP contribution in [0.15, 0.2) is 11.2 Å². The Bertz CT molecular complexity index is 306. The van der Waals surface area contributed by atoms with Gasteiger partial charge in [-0.2, -0.15) is 5.10 Å². The summed E-state index contributed by atoms with van der Waals surface area (Å²) in [5, 5.41) is 9.80. The summed E-state index contributed by atoms with van der Waals surface area (Å²) >= 11 is 0. The molecule has 0 aliphatic heterocycles. The largest absolute Gasteiger partial charge is 0.269 e. The molecule has 12 heavy (non-hydrogen) atoms. The summed E-state index contributed by atoms with van der Waals surface area (Å²) < 4.78 is 12.7. The standard InChI is InChI=1S/C7H13N3OS/c1-5(2)10-4-6(3)7(9-10)12(8)11/h4-5H,8H2,1-3H3. The molecule has 0 saturated carbocycles. The van der Waals surface area contributed by atoms with Crippen LogP contribution in [-0.2, 0) is 11.0 Å². The Labute approximate surface area is 74.3 Å². The average molecular weight is 187 g/mol. The average Bonchev–Trinajstić information content (AvgIpc) is 2.30. The lowest BCUT2D eigenvalue weighted by Crippen LogP contribution is -2.07. The number of hydrogen-bond acceptors (Lipinski definition) is 2. The Morgan fingerprint density at radius 2 is 2.25 bits per heavy atom. The van der Waals surface area contributed by atoms with Gasteiger partial charge in [-0.25, -0.2) is 9.35 Å². The summed E-state index contributed by atoms with van der Waals surface area (Å²) in [4.78, 5) is 0. The molecule has 1 unspecified atom stereocenters. The Balaban J connectivity index is 3.09. The second-order valence-electron chi connectivity index (χ2n) is 2.99. The van der Waals surface area contributed by atoms with Crippen LogP contribution in [0.4, 0.5) is 0 Å². The lowest BCUT2D eigenvalue weighted by molar-refractivity contribution is 0.520. The van der Waals surface area contributed by atoms with Gasteiger partial charge in [0.25, 0.3) is 0 Å². The molecule has 0 aliphatic carbocycles. The number of aromatic nitrogens is 2. The minimum Gasteiger partial charge on any atom is -0.269 e. The van der Waals surface area contributed by atoms with Crippen LogP contribution in [0, 0.1) is 6.92 Å². The van der Waals surface area contributed by atoms with E-state index >= 15 is 0 Å². The number of nitrogens with zero attached hydrogens (tertiary/aromatic N) is 2. The first-order chi connectivity index (χ1) is 5.52. The maximum Gasteiger partial charge on any atom is 0.167 e. The molecule has 4 nitrogen and oxygen atoms in total. The molecule has 5 heteroatoms. The normalized spacial score (nSPS) is 13.8. The topological polar surface area (TPSA) is 60.9 Å². The monoisotopic (exact) mass is 187 g/mol. The Kier molecular flexibility index (Phi) is 2.64. The Morgan fingerprint density at radius 3 is 2.50 bits per heavy atom. The third kappa shape index (κ3) is 1.73. The highest BCUT2D eigenvalue weighted by atomic mass is 32.2. The third-order valence-corrected chi connectivity index (χ3v) is 2.37. The van der Waals surface area contributed by atoms with E-state index in [4.69, 9.17) is 5.14 Å². The molecule has 0 radical (unpaired) electrons. The predicted molar refractivity (Wildman–Crippen MR) is 47.9 cm³/mol. The first-order valence-corrected chi connectivity index (χ1v) is 4.95. The fourth-order valence-electron chi connectivity index (χ4n) is 0.930. The molecule has 1 rings (SSSR count). The van der Waals surface area contributed by atoms with Crippen molar-refractivity contribution >= 4 is 11.0 Å². The fourth-order valence-corrected chi connectivity index (χ4v) is 1.47. The van der Waals surface area contributed by atoms with Crippen molar-refractivity contribution in [3.63, 3.8) is 0 Å². The molecular weight excluding hydrogens is 174 g/mol. The van der Waals surface area contributed by atoms with Crippen molar-refractivity contribution in [1.82, 2.24) is 9.78 Å². The van der Waals surface area contributed by atoms with Gasteiger partial charge in [0.2, 0.25) is 0 Å². The lowest BCUT2D eigenvalue weighted by atomic mass is 10.4. The van der Waals surface area contributed by atoms with Crippen molar-refractivity contribution in [2.45, 2.75) is 31.8 Å². The van der Waals surface area contributed by atoms with Crippen LogP contribution < -0.4 is 5.14 Å². The van der Waals surface area contributed by atoms with Crippen molar-refractivity contribution in [2.75, 3.05) is 0 Å². The second-order valence-corrected chi connectivity index (χ2v) is 3.97. The summed E-state index contributed by atoms with van der Waals surface area (Å²) in [6.45, 7) is 5.87. The van der Waals surface area contributed by atoms with Gasteiger partial charge in [-0.1, -0.05) is 0 Å². The smallest absolute Gasteiger partial charge is 0.167 e. The Hall–Kier alpha value is -0.680. The zero-order valence-electron chi connectivity index (χ0n) is 7.44. The van der Waals surface area contributed by atoms with Crippen LogP contribution in [-0.4, -0.2) is 14.0 Å². The van der Waals surface area contributed by atoms with Gasteiger partial charge in [0, 0.05) is 17.8 Å². The lowest BCUT2D eigenvalue weighted by Gasteiger charge is -2.02. The molecular formula is C7H13N3OS. The van der Waals surface area contributed by atoms with Crippen molar-refractivity contribution in [3.05, 3.63) is 11.8 Å². The van der Waals surface area contributed by atoms with Gasteiger partial charge < -0.3 is 0 Å². The quantitative estimate of drug-likeness (QED) is 0.742. The molecule has 1 aromatic rings. The van der Waals surface area contributed by atoms with E-state index in [-0.39, 0.29) is 6.04 Å². The Morgan fingerprint density at radius 1 is 1.67 bits per heavy atom. The zero-order valence-corrected chi connectivity index (χ0v) is 8.26. The molecule has 0 amide bonds. The summed E-state index contributed by atoms with van der Waals surface area (Å²) in [5.74, 6) is 0. The van der Waals surface area contributed by atoms with Crippen molar-refractivity contribution in [2.24, 2.45) is 5.14 Å². The molecule has 0 bridgehead atoms. The first kappa shape index (κ1) is 9.41. The van der Waals surface area contributed by atoms with Gasteiger partial charge >= 0.3 is 0 Å². The highest BCUT2D eigenvalue weighted by Crippen LogP contribution is 2.11. The van der Waals surface area contributed by atoms with Gasteiger partial charge in [-0.3, -0.25) is 4.68 Å². The third-order valence-electron chi connectivity index (χ3n) is 1.59. The fraction of sp³-hybridized carbons (Fsp3) is 0.571. The van der Waals surface area contributed by atoms with Crippen LogP contribution in [0.5, 0.6) is 0 Å². The maximum atomic E-state index is 10.9. The van der Waals surface area contributed by atoms with Gasteiger partial charge in [0.15, 0.2) is 5.03 Å². The first-order valence-electron chi connectivity index (χ1n) is 3.74. The minimum absolute atomic E-state index is 0.279. The molecule has 0 fully saturated rings. The zero-order chi connectivity index (χ0) is 9.30. The molecule has 2 N–H and O–H groups in total. The molecule has 0 spiro atoms. The minimum atomic E-state index is -1.47. The van der Waals surface area contributed by atoms with E-state index in [1.165, 1.54) is 0 Å². The van der Waals surface area contributed by atoms with E-state index in [1.54, 1.807) is 4.68 Å². The summed E-state index contributed by atoms with van der Waals surface area (Å²) in [6.07, 6.45) is 1.85. The molecule has 1 heterocycles. The van der Waals surface area contributed by atoms with E-state index in [0.717, 1.165) is 5.56 Å². The van der Waals surface area contributed by atoms with E-state index < -0.39 is 11.0 Å². The van der Waals surface area contributed by atoms with Crippen molar-refractivity contribution in [1.29, 1.82) is 0 Å². The van der Waals surface area contributed by atoms with Crippen LogP contribution in [0.1, 0.15) is 25.5 Å². The molecule has 1 atom stereocenters. The van der Waals surface area contributed by atoms with Crippen LogP contribution in [0.25, 0.3) is 0 Å². The van der Waals surface area contributed by atoms with Crippen LogP contribution in [0.2, 0.25) is 0 Å². The summed E-state index contributed by atoms with van der Waals surface area (Å²) in [6, 6.07) is 0.279.